The van der Waals surface area contributed by atoms with E-state index < -0.39 is 5.97 Å². The molecule has 0 fully saturated rings. The molecule has 0 aliphatic carbocycles. The Morgan fingerprint density at radius 3 is 2.42 bits per heavy atom. The van der Waals surface area contributed by atoms with E-state index in [2.05, 4.69) is 0 Å². The number of ether oxygens (including phenoxy) is 1. The normalized spacial score (nSPS) is 10.2. The maximum atomic E-state index is 11.1. The molecule has 0 radical (unpaired) electrons. The van der Waals surface area contributed by atoms with E-state index in [9.17, 15) is 4.79 Å². The standard InChI is InChI=1S/C16H16O3/c1-3-19-13-9-7-12(8-10-13)14-5-4-6-15(11(14)2)16(17)18/h4-10H,3H2,1-2H3,(H,17,18). The molecule has 0 amide bonds. The number of carbonyl (C=O) groups is 1. The Balaban J connectivity index is 2.41. The molecule has 2 aromatic carbocycles. The molecule has 0 atom stereocenters. The molecule has 0 aliphatic rings. The summed E-state index contributed by atoms with van der Waals surface area (Å²) in [7, 11) is 0. The minimum atomic E-state index is -0.898. The molecular weight excluding hydrogens is 240 g/mol. The molecule has 19 heavy (non-hydrogen) atoms. The van der Waals surface area contributed by atoms with Crippen LogP contribution in [0.3, 0.4) is 0 Å². The van der Waals surface area contributed by atoms with Gasteiger partial charge in [-0.25, -0.2) is 4.79 Å². The molecule has 0 heterocycles. The third-order valence-corrected chi connectivity index (χ3v) is 3.04. The lowest BCUT2D eigenvalue weighted by molar-refractivity contribution is 0.0696. The summed E-state index contributed by atoms with van der Waals surface area (Å²) in [6.07, 6.45) is 0. The van der Waals surface area contributed by atoms with Gasteiger partial charge in [-0.3, -0.25) is 0 Å². The molecule has 98 valence electrons. The predicted octanol–water partition coefficient (Wildman–Crippen LogP) is 3.76. The third-order valence-electron chi connectivity index (χ3n) is 3.04. The molecule has 3 nitrogen and oxygen atoms in total. The van der Waals surface area contributed by atoms with Crippen LogP contribution < -0.4 is 4.74 Å². The van der Waals surface area contributed by atoms with E-state index in [1.807, 2.05) is 44.2 Å². The second-order valence-electron chi connectivity index (χ2n) is 4.24. The monoisotopic (exact) mass is 256 g/mol. The van der Waals surface area contributed by atoms with Crippen molar-refractivity contribution in [2.24, 2.45) is 0 Å². The summed E-state index contributed by atoms with van der Waals surface area (Å²) in [5.74, 6) is -0.0800. The highest BCUT2D eigenvalue weighted by atomic mass is 16.5. The molecule has 2 rings (SSSR count). The van der Waals surface area contributed by atoms with Gasteiger partial charge in [0, 0.05) is 0 Å². The van der Waals surface area contributed by atoms with Crippen LogP contribution in [0.4, 0.5) is 0 Å². The van der Waals surface area contributed by atoms with Crippen LogP contribution in [-0.4, -0.2) is 17.7 Å². The van der Waals surface area contributed by atoms with Crippen molar-refractivity contribution in [2.75, 3.05) is 6.61 Å². The molecule has 3 heteroatoms. The second kappa shape index (κ2) is 5.57. The molecular formula is C16H16O3. The van der Waals surface area contributed by atoms with Crippen LogP contribution in [0.2, 0.25) is 0 Å². The molecule has 1 N–H and O–H groups in total. The van der Waals surface area contributed by atoms with Crippen LogP contribution in [0, 0.1) is 6.92 Å². The van der Waals surface area contributed by atoms with Crippen molar-refractivity contribution < 1.29 is 14.6 Å². The minimum Gasteiger partial charge on any atom is -0.494 e. The average molecular weight is 256 g/mol. The van der Waals surface area contributed by atoms with Crippen molar-refractivity contribution in [3.8, 4) is 16.9 Å². The number of aromatic carboxylic acids is 1. The minimum absolute atomic E-state index is 0.339. The molecule has 0 aliphatic heterocycles. The van der Waals surface area contributed by atoms with Gasteiger partial charge in [-0.1, -0.05) is 24.3 Å². The number of rotatable bonds is 4. The number of hydrogen-bond acceptors (Lipinski definition) is 2. The van der Waals surface area contributed by atoms with E-state index in [0.29, 0.717) is 12.2 Å². The predicted molar refractivity (Wildman–Crippen MR) is 74.7 cm³/mol. The molecule has 0 saturated carbocycles. The lowest BCUT2D eigenvalue weighted by Crippen LogP contribution is -2.00. The van der Waals surface area contributed by atoms with E-state index in [1.165, 1.54) is 0 Å². The Bertz CT molecular complexity index is 585. The fourth-order valence-corrected chi connectivity index (χ4v) is 2.08. The summed E-state index contributed by atoms with van der Waals surface area (Å²) in [4.78, 5) is 11.1. The highest BCUT2D eigenvalue weighted by Crippen LogP contribution is 2.27. The van der Waals surface area contributed by atoms with Crippen molar-refractivity contribution in [2.45, 2.75) is 13.8 Å². The van der Waals surface area contributed by atoms with E-state index in [4.69, 9.17) is 9.84 Å². The topological polar surface area (TPSA) is 46.5 Å². The first-order valence-electron chi connectivity index (χ1n) is 6.19. The maximum Gasteiger partial charge on any atom is 0.335 e. The Morgan fingerprint density at radius 2 is 1.84 bits per heavy atom. The summed E-state index contributed by atoms with van der Waals surface area (Å²) in [6, 6.07) is 13.0. The summed E-state index contributed by atoms with van der Waals surface area (Å²) < 4.78 is 5.39. The second-order valence-corrected chi connectivity index (χ2v) is 4.24. The average Bonchev–Trinajstić information content (AvgIpc) is 2.40. The zero-order chi connectivity index (χ0) is 13.8. The van der Waals surface area contributed by atoms with Gasteiger partial charge < -0.3 is 9.84 Å². The fourth-order valence-electron chi connectivity index (χ4n) is 2.08. The van der Waals surface area contributed by atoms with Crippen molar-refractivity contribution in [1.29, 1.82) is 0 Å². The highest BCUT2D eigenvalue weighted by molar-refractivity contribution is 5.92. The van der Waals surface area contributed by atoms with Crippen LogP contribution >= 0.6 is 0 Å². The van der Waals surface area contributed by atoms with Gasteiger partial charge in [0.05, 0.1) is 12.2 Å². The molecule has 0 aromatic heterocycles. The van der Waals surface area contributed by atoms with Crippen LogP contribution in [0.15, 0.2) is 42.5 Å². The molecule has 0 unspecified atom stereocenters. The smallest absolute Gasteiger partial charge is 0.335 e. The van der Waals surface area contributed by atoms with Gasteiger partial charge in [0.1, 0.15) is 5.75 Å². The molecule has 0 bridgehead atoms. The van der Waals surface area contributed by atoms with Crippen LogP contribution in [0.5, 0.6) is 5.75 Å². The summed E-state index contributed by atoms with van der Waals surface area (Å²) >= 11 is 0. The lowest BCUT2D eigenvalue weighted by Gasteiger charge is -2.10. The number of carboxylic acid groups (broad SMARTS) is 1. The highest BCUT2D eigenvalue weighted by Gasteiger charge is 2.11. The Hall–Kier alpha value is -2.29. The van der Waals surface area contributed by atoms with Crippen molar-refractivity contribution >= 4 is 5.97 Å². The SMILES string of the molecule is CCOc1ccc(-c2cccc(C(=O)O)c2C)cc1. The van der Waals surface area contributed by atoms with Crippen molar-refractivity contribution in [1.82, 2.24) is 0 Å². The van der Waals surface area contributed by atoms with Gasteiger partial charge >= 0.3 is 5.97 Å². The largest absolute Gasteiger partial charge is 0.494 e. The number of carboxylic acids is 1. The van der Waals surface area contributed by atoms with E-state index in [1.54, 1.807) is 12.1 Å². The summed E-state index contributed by atoms with van der Waals surface area (Å²) in [5, 5.41) is 9.13. The van der Waals surface area contributed by atoms with Crippen molar-refractivity contribution in [3.63, 3.8) is 0 Å². The summed E-state index contributed by atoms with van der Waals surface area (Å²) in [5.41, 5.74) is 3.04. The van der Waals surface area contributed by atoms with Gasteiger partial charge in [0.25, 0.3) is 0 Å². The lowest BCUT2D eigenvalue weighted by atomic mass is 9.96. The van der Waals surface area contributed by atoms with Crippen molar-refractivity contribution in [3.05, 3.63) is 53.6 Å². The van der Waals surface area contributed by atoms with Gasteiger partial charge in [0.15, 0.2) is 0 Å². The first-order chi connectivity index (χ1) is 9.13. The van der Waals surface area contributed by atoms with Crippen LogP contribution in [-0.2, 0) is 0 Å². The Kier molecular flexibility index (Phi) is 3.85. The quantitative estimate of drug-likeness (QED) is 0.906. The van der Waals surface area contributed by atoms with E-state index >= 15 is 0 Å². The Labute approximate surface area is 112 Å². The number of benzene rings is 2. The van der Waals surface area contributed by atoms with Gasteiger partial charge in [0.2, 0.25) is 0 Å². The molecule has 0 spiro atoms. The van der Waals surface area contributed by atoms with Crippen LogP contribution in [0.1, 0.15) is 22.8 Å². The zero-order valence-electron chi connectivity index (χ0n) is 11.0. The van der Waals surface area contributed by atoms with Gasteiger partial charge in [-0.2, -0.15) is 0 Å². The zero-order valence-corrected chi connectivity index (χ0v) is 11.0. The van der Waals surface area contributed by atoms with Gasteiger partial charge in [-0.05, 0) is 48.7 Å². The third kappa shape index (κ3) is 2.76. The Morgan fingerprint density at radius 1 is 1.16 bits per heavy atom. The maximum absolute atomic E-state index is 11.1. The molecule has 2 aromatic rings. The first kappa shape index (κ1) is 13.1. The van der Waals surface area contributed by atoms with Crippen LogP contribution in [0.25, 0.3) is 11.1 Å². The summed E-state index contributed by atoms with van der Waals surface area (Å²) in [6.45, 7) is 4.40. The number of hydrogen-bond donors (Lipinski definition) is 1. The van der Waals surface area contributed by atoms with Gasteiger partial charge in [-0.15, -0.1) is 0 Å². The van der Waals surface area contributed by atoms with E-state index in [-0.39, 0.29) is 0 Å². The van der Waals surface area contributed by atoms with E-state index in [0.717, 1.165) is 22.4 Å². The first-order valence-corrected chi connectivity index (χ1v) is 6.19. The molecule has 0 saturated heterocycles. The fraction of sp³-hybridized carbons (Fsp3) is 0.188.